The summed E-state index contributed by atoms with van der Waals surface area (Å²) < 4.78 is 0.516. The first kappa shape index (κ1) is 17.8. The molecule has 0 saturated heterocycles. The number of anilines is 2. The molecule has 6 heteroatoms. The Morgan fingerprint density at radius 2 is 1.08 bits per heavy atom. The van der Waals surface area contributed by atoms with E-state index in [4.69, 9.17) is 0 Å². The van der Waals surface area contributed by atoms with Crippen molar-refractivity contribution in [2.24, 2.45) is 0 Å². The Bertz CT molecular complexity index is 766. The molecule has 3 rings (SSSR count). The van der Waals surface area contributed by atoms with Crippen LogP contribution in [0.25, 0.3) is 0 Å². The van der Waals surface area contributed by atoms with Crippen LogP contribution in [0.2, 0.25) is 0 Å². The van der Waals surface area contributed by atoms with Crippen molar-refractivity contribution in [2.45, 2.75) is 13.1 Å². The lowest BCUT2D eigenvalue weighted by molar-refractivity contribution is 0.458. The van der Waals surface area contributed by atoms with E-state index in [9.17, 15) is 0 Å². The van der Waals surface area contributed by atoms with Crippen LogP contribution in [0.1, 0.15) is 11.1 Å². The number of nitrogens with zero attached hydrogens (tertiary/aromatic N) is 4. The Morgan fingerprint density at radius 1 is 0.654 bits per heavy atom. The molecule has 0 spiro atoms. The van der Waals surface area contributed by atoms with E-state index in [1.54, 1.807) is 0 Å². The number of hydrogen-bond donors (Lipinski definition) is 2. The van der Waals surface area contributed by atoms with E-state index in [-0.39, 0.29) is 0 Å². The average Bonchev–Trinajstić information content (AvgIpc) is 2.66. The highest BCUT2D eigenvalue weighted by Gasteiger charge is 2.19. The second kappa shape index (κ2) is 7.93. The smallest absolute Gasteiger partial charge is 0.334 e. The predicted octanol–water partition coefficient (Wildman–Crippen LogP) is 3.29. The lowest BCUT2D eigenvalue weighted by Gasteiger charge is -2.21. The van der Waals surface area contributed by atoms with Crippen LogP contribution >= 0.6 is 0 Å². The highest BCUT2D eigenvalue weighted by molar-refractivity contribution is 5.42. The fraction of sp³-hybridized carbons (Fsp3) is 0.250. The molecule has 0 unspecified atom stereocenters. The SMILES string of the molecule is C[N+](C)(C)c1nc(NCc2ccccc2)nc(NCc2ccccc2)n1. The van der Waals surface area contributed by atoms with Crippen molar-refractivity contribution in [1.82, 2.24) is 19.4 Å². The third-order valence-corrected chi connectivity index (χ3v) is 3.81. The van der Waals surface area contributed by atoms with Crippen LogP contribution in [0.4, 0.5) is 17.8 Å². The van der Waals surface area contributed by atoms with Crippen molar-refractivity contribution < 1.29 is 0 Å². The Hall–Kier alpha value is -2.99. The molecule has 0 saturated carbocycles. The molecular formula is C20H25N6+. The minimum Gasteiger partial charge on any atom is -0.350 e. The Morgan fingerprint density at radius 3 is 1.46 bits per heavy atom. The monoisotopic (exact) mass is 349 g/mol. The minimum atomic E-state index is 0.516. The van der Waals surface area contributed by atoms with E-state index in [2.05, 4.69) is 49.9 Å². The molecule has 3 aromatic rings. The molecule has 2 aromatic carbocycles. The summed E-state index contributed by atoms with van der Waals surface area (Å²) in [4.78, 5) is 13.7. The molecule has 1 heterocycles. The van der Waals surface area contributed by atoms with Crippen LogP contribution in [-0.2, 0) is 13.1 Å². The van der Waals surface area contributed by atoms with Gasteiger partial charge in [-0.1, -0.05) is 60.7 Å². The molecule has 0 fully saturated rings. The highest BCUT2D eigenvalue weighted by atomic mass is 15.4. The molecule has 0 amide bonds. The standard InChI is InChI=1S/C20H25N6/c1-26(2,3)20-24-18(21-14-16-10-6-4-7-11-16)23-19(25-20)22-15-17-12-8-5-9-13-17/h4-13H,14-15H2,1-3H3,(H2,21,22,23,24,25)/q+1. The van der Waals surface area contributed by atoms with Gasteiger partial charge in [-0.3, -0.25) is 4.48 Å². The third-order valence-electron chi connectivity index (χ3n) is 3.81. The van der Waals surface area contributed by atoms with Crippen LogP contribution in [0.15, 0.2) is 60.7 Å². The van der Waals surface area contributed by atoms with Crippen molar-refractivity contribution in [2.75, 3.05) is 31.8 Å². The fourth-order valence-electron chi connectivity index (χ4n) is 2.38. The number of benzene rings is 2. The molecule has 0 aliphatic carbocycles. The molecule has 6 nitrogen and oxygen atoms in total. The third kappa shape index (κ3) is 5.00. The molecule has 0 bridgehead atoms. The van der Waals surface area contributed by atoms with Crippen LogP contribution in [-0.4, -0.2) is 36.1 Å². The van der Waals surface area contributed by atoms with Gasteiger partial charge in [0.05, 0.1) is 21.1 Å². The first-order chi connectivity index (χ1) is 12.5. The summed E-state index contributed by atoms with van der Waals surface area (Å²) in [5.74, 6) is 1.84. The van der Waals surface area contributed by atoms with Crippen molar-refractivity contribution in [3.05, 3.63) is 71.8 Å². The summed E-state index contributed by atoms with van der Waals surface area (Å²) in [5.41, 5.74) is 2.36. The van der Waals surface area contributed by atoms with E-state index < -0.39 is 0 Å². The number of aromatic nitrogens is 3. The summed E-state index contributed by atoms with van der Waals surface area (Å²) in [7, 11) is 6.12. The van der Waals surface area contributed by atoms with Gasteiger partial charge in [-0.15, -0.1) is 9.97 Å². The van der Waals surface area contributed by atoms with Crippen LogP contribution in [0.3, 0.4) is 0 Å². The van der Waals surface area contributed by atoms with Crippen LogP contribution in [0, 0.1) is 0 Å². The Kier molecular flexibility index (Phi) is 5.43. The van der Waals surface area contributed by atoms with Gasteiger partial charge in [0.2, 0.25) is 11.9 Å². The first-order valence-electron chi connectivity index (χ1n) is 8.64. The Balaban J connectivity index is 1.77. The number of hydrogen-bond acceptors (Lipinski definition) is 5. The zero-order valence-electron chi connectivity index (χ0n) is 15.5. The summed E-state index contributed by atoms with van der Waals surface area (Å²) in [6.07, 6.45) is 0. The average molecular weight is 349 g/mol. The van der Waals surface area contributed by atoms with Gasteiger partial charge in [-0.25, -0.2) is 0 Å². The molecule has 134 valence electrons. The maximum Gasteiger partial charge on any atom is 0.334 e. The van der Waals surface area contributed by atoms with Gasteiger partial charge in [-0.2, -0.15) is 4.98 Å². The topological polar surface area (TPSA) is 62.7 Å². The Labute approximate surface area is 154 Å². The molecule has 1 aromatic heterocycles. The fourth-order valence-corrected chi connectivity index (χ4v) is 2.38. The quantitative estimate of drug-likeness (QED) is 0.641. The van der Waals surface area contributed by atoms with Gasteiger partial charge in [0.15, 0.2) is 0 Å². The van der Waals surface area contributed by atoms with Crippen molar-refractivity contribution in [1.29, 1.82) is 0 Å². The number of nitrogens with one attached hydrogen (secondary N) is 2. The maximum absolute atomic E-state index is 4.57. The minimum absolute atomic E-state index is 0.516. The molecule has 0 aliphatic rings. The second-order valence-electron chi connectivity index (χ2n) is 6.97. The lowest BCUT2D eigenvalue weighted by atomic mass is 10.2. The van der Waals surface area contributed by atoms with E-state index in [0.717, 1.165) is 0 Å². The predicted molar refractivity (Wildman–Crippen MR) is 107 cm³/mol. The van der Waals surface area contributed by atoms with Gasteiger partial charge in [0.1, 0.15) is 0 Å². The van der Waals surface area contributed by atoms with Crippen molar-refractivity contribution >= 4 is 17.8 Å². The number of rotatable bonds is 7. The molecule has 2 N–H and O–H groups in total. The van der Waals surface area contributed by atoms with Crippen molar-refractivity contribution in [3.63, 3.8) is 0 Å². The summed E-state index contributed by atoms with van der Waals surface area (Å²) in [5, 5.41) is 6.60. The normalized spacial score (nSPS) is 11.2. The zero-order chi connectivity index (χ0) is 18.4. The largest absolute Gasteiger partial charge is 0.350 e. The second-order valence-corrected chi connectivity index (χ2v) is 6.97. The van der Waals surface area contributed by atoms with Gasteiger partial charge in [0, 0.05) is 13.1 Å². The zero-order valence-corrected chi connectivity index (χ0v) is 15.5. The summed E-state index contributed by atoms with van der Waals surface area (Å²) in [6.45, 7) is 1.33. The van der Waals surface area contributed by atoms with E-state index in [0.29, 0.717) is 35.4 Å². The van der Waals surface area contributed by atoms with Crippen LogP contribution in [0.5, 0.6) is 0 Å². The molecule has 0 aliphatic heterocycles. The molecule has 0 radical (unpaired) electrons. The molecule has 26 heavy (non-hydrogen) atoms. The van der Waals surface area contributed by atoms with Gasteiger partial charge >= 0.3 is 5.95 Å². The number of quaternary nitrogens is 1. The maximum atomic E-state index is 4.57. The highest BCUT2D eigenvalue weighted by Crippen LogP contribution is 2.16. The summed E-state index contributed by atoms with van der Waals surface area (Å²) in [6, 6.07) is 20.4. The van der Waals surface area contributed by atoms with Crippen LogP contribution < -0.4 is 15.1 Å². The van der Waals surface area contributed by atoms with E-state index in [1.165, 1.54) is 11.1 Å². The van der Waals surface area contributed by atoms with Gasteiger partial charge in [-0.05, 0) is 11.1 Å². The molecule has 0 atom stereocenters. The van der Waals surface area contributed by atoms with E-state index in [1.807, 2.05) is 57.5 Å². The van der Waals surface area contributed by atoms with Gasteiger partial charge < -0.3 is 10.6 Å². The van der Waals surface area contributed by atoms with E-state index >= 15 is 0 Å². The molecular weight excluding hydrogens is 324 g/mol. The first-order valence-corrected chi connectivity index (χ1v) is 8.64. The lowest BCUT2D eigenvalue weighted by Crippen LogP contribution is -2.37. The summed E-state index contributed by atoms with van der Waals surface area (Å²) >= 11 is 0. The van der Waals surface area contributed by atoms with Gasteiger partial charge in [0.25, 0.3) is 0 Å². The van der Waals surface area contributed by atoms with Crippen molar-refractivity contribution in [3.8, 4) is 0 Å².